The average molecular weight is 339 g/mol. The highest BCUT2D eigenvalue weighted by Crippen LogP contribution is 2.19. The van der Waals surface area contributed by atoms with Crippen LogP contribution in [-0.4, -0.2) is 28.3 Å². The second kappa shape index (κ2) is 7.35. The molecule has 3 rings (SSSR count). The molecule has 0 aliphatic heterocycles. The minimum Gasteiger partial charge on any atom is -0.465 e. The van der Waals surface area contributed by atoms with Crippen molar-refractivity contribution in [2.75, 3.05) is 17.7 Å². The van der Waals surface area contributed by atoms with E-state index in [1.807, 2.05) is 0 Å². The van der Waals surface area contributed by atoms with E-state index in [4.69, 9.17) is 0 Å². The molecule has 0 amide bonds. The van der Waals surface area contributed by atoms with Crippen molar-refractivity contribution in [1.82, 2.24) is 15.2 Å². The number of methoxy groups -OCH3 is 1. The first-order chi connectivity index (χ1) is 12.2. The second-order valence-corrected chi connectivity index (χ2v) is 4.96. The molecule has 0 aliphatic carbocycles. The fourth-order valence-corrected chi connectivity index (χ4v) is 2.05. The molecule has 126 valence electrons. The Morgan fingerprint density at radius 3 is 2.56 bits per heavy atom. The van der Waals surface area contributed by atoms with Crippen LogP contribution in [0.5, 0.6) is 0 Å². The summed E-state index contributed by atoms with van der Waals surface area (Å²) < 4.78 is 18.3. The van der Waals surface area contributed by atoms with Gasteiger partial charge in [-0.2, -0.15) is 10.1 Å². The van der Waals surface area contributed by atoms with Crippen LogP contribution in [0.25, 0.3) is 0 Å². The first-order valence-electron chi connectivity index (χ1n) is 7.32. The van der Waals surface area contributed by atoms with Crippen molar-refractivity contribution in [1.29, 1.82) is 0 Å². The van der Waals surface area contributed by atoms with Crippen molar-refractivity contribution in [2.45, 2.75) is 0 Å². The van der Waals surface area contributed by atoms with Gasteiger partial charge in [0.25, 0.3) is 0 Å². The number of rotatable bonds is 5. The third-order valence-corrected chi connectivity index (χ3v) is 3.26. The van der Waals surface area contributed by atoms with Crippen molar-refractivity contribution in [3.8, 4) is 0 Å². The van der Waals surface area contributed by atoms with Crippen molar-refractivity contribution in [3.05, 3.63) is 66.1 Å². The lowest BCUT2D eigenvalue weighted by molar-refractivity contribution is 0.0601. The smallest absolute Gasteiger partial charge is 0.337 e. The van der Waals surface area contributed by atoms with Crippen LogP contribution in [-0.2, 0) is 4.74 Å². The van der Waals surface area contributed by atoms with Gasteiger partial charge in [-0.25, -0.2) is 9.18 Å². The summed E-state index contributed by atoms with van der Waals surface area (Å²) in [5.74, 6) is -0.240. The molecule has 0 atom stereocenters. The van der Waals surface area contributed by atoms with E-state index >= 15 is 0 Å². The molecule has 25 heavy (non-hydrogen) atoms. The van der Waals surface area contributed by atoms with E-state index in [0.29, 0.717) is 17.1 Å². The molecule has 0 spiro atoms. The van der Waals surface area contributed by atoms with Crippen molar-refractivity contribution < 1.29 is 13.9 Å². The molecule has 1 heterocycles. The standard InChI is InChI=1S/C17H14FN5O2/c1-25-16(24)11-6-8-12(9-7-11)20-17-22-15(10-19-23-17)21-14-5-3-2-4-13(14)18/h2-10H,1H3,(H2,20,21,22,23). The molecule has 0 aliphatic rings. The number of nitrogens with one attached hydrogen (secondary N) is 2. The van der Waals surface area contributed by atoms with Crippen LogP contribution in [0.3, 0.4) is 0 Å². The van der Waals surface area contributed by atoms with Gasteiger partial charge in [-0.15, -0.1) is 5.10 Å². The molecule has 0 saturated carbocycles. The Kier molecular flexibility index (Phi) is 4.79. The summed E-state index contributed by atoms with van der Waals surface area (Å²) in [6, 6.07) is 12.9. The lowest BCUT2D eigenvalue weighted by Crippen LogP contribution is -2.04. The zero-order valence-corrected chi connectivity index (χ0v) is 13.2. The van der Waals surface area contributed by atoms with Gasteiger partial charge in [0.1, 0.15) is 5.82 Å². The number of carbonyl (C=O) groups excluding carboxylic acids is 1. The quantitative estimate of drug-likeness (QED) is 0.690. The summed E-state index contributed by atoms with van der Waals surface area (Å²) in [6.45, 7) is 0. The van der Waals surface area contributed by atoms with Gasteiger partial charge in [0, 0.05) is 5.69 Å². The number of hydrogen-bond donors (Lipinski definition) is 2. The first kappa shape index (κ1) is 16.3. The normalized spacial score (nSPS) is 10.2. The minimum atomic E-state index is -0.416. The van der Waals surface area contributed by atoms with Gasteiger partial charge in [-0.3, -0.25) is 0 Å². The number of para-hydroxylation sites is 1. The summed E-state index contributed by atoms with van der Waals surface area (Å²) in [5, 5.41) is 13.5. The van der Waals surface area contributed by atoms with Crippen molar-refractivity contribution in [2.24, 2.45) is 0 Å². The molecule has 0 saturated heterocycles. The minimum absolute atomic E-state index is 0.229. The largest absolute Gasteiger partial charge is 0.465 e. The van der Waals surface area contributed by atoms with E-state index in [9.17, 15) is 9.18 Å². The van der Waals surface area contributed by atoms with Gasteiger partial charge < -0.3 is 15.4 Å². The van der Waals surface area contributed by atoms with Crippen LogP contribution >= 0.6 is 0 Å². The fraction of sp³-hybridized carbons (Fsp3) is 0.0588. The molecule has 2 N–H and O–H groups in total. The Bertz CT molecular complexity index is 886. The maximum Gasteiger partial charge on any atom is 0.337 e. The lowest BCUT2D eigenvalue weighted by atomic mass is 10.2. The monoisotopic (exact) mass is 339 g/mol. The summed E-state index contributed by atoms with van der Waals surface area (Å²) in [7, 11) is 1.32. The molecule has 0 fully saturated rings. The number of aromatic nitrogens is 3. The predicted molar refractivity (Wildman–Crippen MR) is 90.6 cm³/mol. The fourth-order valence-electron chi connectivity index (χ4n) is 2.05. The third kappa shape index (κ3) is 4.05. The molecule has 2 aromatic carbocycles. The molecule has 1 aromatic heterocycles. The number of halogens is 1. The summed E-state index contributed by atoms with van der Waals surface area (Å²) in [4.78, 5) is 15.6. The van der Waals surface area contributed by atoms with Crippen LogP contribution in [0.4, 0.5) is 27.5 Å². The van der Waals surface area contributed by atoms with Crippen LogP contribution < -0.4 is 10.6 Å². The number of benzene rings is 2. The van der Waals surface area contributed by atoms with Gasteiger partial charge in [-0.05, 0) is 36.4 Å². The second-order valence-electron chi connectivity index (χ2n) is 4.96. The number of carbonyl (C=O) groups is 1. The molecular weight excluding hydrogens is 325 g/mol. The van der Waals surface area contributed by atoms with Gasteiger partial charge >= 0.3 is 5.97 Å². The Morgan fingerprint density at radius 1 is 1.08 bits per heavy atom. The number of anilines is 4. The van der Waals surface area contributed by atoms with Gasteiger partial charge in [0.15, 0.2) is 5.82 Å². The highest BCUT2D eigenvalue weighted by Gasteiger charge is 2.07. The Hall–Kier alpha value is -3.55. The van der Waals surface area contributed by atoms with Crippen molar-refractivity contribution >= 4 is 29.1 Å². The number of esters is 1. The highest BCUT2D eigenvalue weighted by atomic mass is 19.1. The molecule has 0 unspecified atom stereocenters. The number of hydrogen-bond acceptors (Lipinski definition) is 7. The van der Waals surface area contributed by atoms with Crippen LogP contribution in [0, 0.1) is 5.82 Å². The average Bonchev–Trinajstić information content (AvgIpc) is 2.64. The Labute approximate surface area is 142 Å². The third-order valence-electron chi connectivity index (χ3n) is 3.26. The van der Waals surface area contributed by atoms with E-state index in [1.54, 1.807) is 42.5 Å². The van der Waals surface area contributed by atoms with Gasteiger partial charge in [0.05, 0.1) is 24.6 Å². The first-order valence-corrected chi connectivity index (χ1v) is 7.32. The van der Waals surface area contributed by atoms with E-state index in [1.165, 1.54) is 19.4 Å². The Morgan fingerprint density at radius 2 is 1.84 bits per heavy atom. The van der Waals surface area contributed by atoms with Crippen LogP contribution in [0.2, 0.25) is 0 Å². The summed E-state index contributed by atoms with van der Waals surface area (Å²) >= 11 is 0. The molecule has 7 nitrogen and oxygen atoms in total. The predicted octanol–water partition coefficient (Wildman–Crippen LogP) is 3.28. The Balaban J connectivity index is 1.73. The highest BCUT2D eigenvalue weighted by molar-refractivity contribution is 5.89. The van der Waals surface area contributed by atoms with Crippen LogP contribution in [0.15, 0.2) is 54.7 Å². The maximum atomic E-state index is 13.7. The molecular formula is C17H14FN5O2. The van der Waals surface area contributed by atoms with E-state index < -0.39 is 11.8 Å². The van der Waals surface area contributed by atoms with Crippen molar-refractivity contribution in [3.63, 3.8) is 0 Å². The maximum absolute atomic E-state index is 13.7. The molecule has 3 aromatic rings. The lowest BCUT2D eigenvalue weighted by Gasteiger charge is -2.08. The van der Waals surface area contributed by atoms with Gasteiger partial charge in [-0.1, -0.05) is 12.1 Å². The topological polar surface area (TPSA) is 89.0 Å². The van der Waals surface area contributed by atoms with E-state index in [-0.39, 0.29) is 11.6 Å². The van der Waals surface area contributed by atoms with Crippen LogP contribution in [0.1, 0.15) is 10.4 Å². The van der Waals surface area contributed by atoms with E-state index in [2.05, 4.69) is 30.6 Å². The molecule has 0 bridgehead atoms. The molecule has 0 radical (unpaired) electrons. The number of ether oxygens (including phenoxy) is 1. The summed E-state index contributed by atoms with van der Waals surface area (Å²) in [6.07, 6.45) is 1.39. The number of nitrogens with zero attached hydrogens (tertiary/aromatic N) is 3. The summed E-state index contributed by atoms with van der Waals surface area (Å²) in [5.41, 5.74) is 1.39. The zero-order chi connectivity index (χ0) is 17.6. The van der Waals surface area contributed by atoms with E-state index in [0.717, 1.165) is 0 Å². The SMILES string of the molecule is COC(=O)c1ccc(Nc2nncc(Nc3ccccc3F)n2)cc1. The zero-order valence-electron chi connectivity index (χ0n) is 13.2. The van der Waals surface area contributed by atoms with Gasteiger partial charge in [0.2, 0.25) is 5.95 Å². The molecule has 8 heteroatoms.